The highest BCUT2D eigenvalue weighted by Gasteiger charge is 2.36. The smallest absolute Gasteiger partial charge is 0.267 e. The van der Waals surface area contributed by atoms with Gasteiger partial charge in [0, 0.05) is 6.20 Å². The number of imidazole rings is 1. The largest absolute Gasteiger partial charge is 0.340 e. The van der Waals surface area contributed by atoms with Crippen molar-refractivity contribution in [1.29, 1.82) is 0 Å². The van der Waals surface area contributed by atoms with Gasteiger partial charge in [-0.2, -0.15) is 0 Å². The Hall–Kier alpha value is -3.04. The van der Waals surface area contributed by atoms with Crippen molar-refractivity contribution in [3.8, 4) is 0 Å². The molecule has 1 fully saturated rings. The first kappa shape index (κ1) is 19.0. The molecule has 7 nitrogen and oxygen atoms in total. The van der Waals surface area contributed by atoms with Crippen LogP contribution in [0, 0.1) is 0 Å². The zero-order valence-corrected chi connectivity index (χ0v) is 17.4. The van der Waals surface area contributed by atoms with Crippen molar-refractivity contribution in [3.05, 3.63) is 84.4 Å². The van der Waals surface area contributed by atoms with Crippen molar-refractivity contribution in [1.82, 2.24) is 18.8 Å². The van der Waals surface area contributed by atoms with E-state index in [-0.39, 0.29) is 17.3 Å². The molecule has 0 aliphatic carbocycles. The van der Waals surface area contributed by atoms with Gasteiger partial charge in [0.05, 0.1) is 33.9 Å². The zero-order chi connectivity index (χ0) is 20.7. The van der Waals surface area contributed by atoms with Gasteiger partial charge >= 0.3 is 0 Å². The molecule has 2 aromatic carbocycles. The van der Waals surface area contributed by atoms with E-state index in [0.717, 1.165) is 11.0 Å². The Balaban J connectivity index is 1.50. The average Bonchev–Trinajstić information content (AvgIpc) is 3.48. The number of nitrogens with one attached hydrogen (secondary N) is 1. The van der Waals surface area contributed by atoms with Crippen molar-refractivity contribution in [2.75, 3.05) is 5.75 Å². The van der Waals surface area contributed by atoms with Crippen molar-refractivity contribution in [2.24, 2.45) is 0 Å². The van der Waals surface area contributed by atoms with Crippen molar-refractivity contribution in [3.63, 3.8) is 0 Å². The second-order valence-electron chi connectivity index (χ2n) is 6.93. The topological polar surface area (TPSA) is 88.1 Å². The number of aromatic amines is 1. The maximum atomic E-state index is 13.2. The predicted octanol–water partition coefficient (Wildman–Crippen LogP) is 3.38. The van der Waals surface area contributed by atoms with E-state index in [1.807, 2.05) is 24.3 Å². The highest BCUT2D eigenvalue weighted by molar-refractivity contribution is 8.00. The third-order valence-corrected chi connectivity index (χ3v) is 7.97. The van der Waals surface area contributed by atoms with Gasteiger partial charge in [0.25, 0.3) is 10.0 Å². The van der Waals surface area contributed by atoms with E-state index < -0.39 is 15.4 Å². The predicted molar refractivity (Wildman–Crippen MR) is 115 cm³/mol. The summed E-state index contributed by atoms with van der Waals surface area (Å²) in [6.45, 7) is 0.280. The lowest BCUT2D eigenvalue weighted by molar-refractivity contribution is -0.128. The number of amides is 1. The van der Waals surface area contributed by atoms with Crippen molar-refractivity contribution >= 4 is 38.7 Å². The molecule has 1 saturated heterocycles. The van der Waals surface area contributed by atoms with Crippen LogP contribution in [0.3, 0.4) is 0 Å². The Morgan fingerprint density at radius 1 is 1.03 bits per heavy atom. The summed E-state index contributed by atoms with van der Waals surface area (Å²) in [4.78, 5) is 22.3. The number of hydrogen-bond acceptors (Lipinski definition) is 5. The summed E-state index contributed by atoms with van der Waals surface area (Å²) in [6.07, 6.45) is 1.53. The number of H-pyrrole nitrogens is 1. The van der Waals surface area contributed by atoms with Gasteiger partial charge in [-0.1, -0.05) is 30.3 Å². The molecule has 1 amide bonds. The summed E-state index contributed by atoms with van der Waals surface area (Å²) in [5, 5.41) is -0.417. The summed E-state index contributed by atoms with van der Waals surface area (Å²) in [6, 6.07) is 19.4. The summed E-state index contributed by atoms with van der Waals surface area (Å²) < 4.78 is 27.6. The lowest BCUT2D eigenvalue weighted by Crippen LogP contribution is -2.30. The van der Waals surface area contributed by atoms with Gasteiger partial charge in [-0.15, -0.1) is 11.8 Å². The van der Waals surface area contributed by atoms with E-state index in [9.17, 15) is 13.2 Å². The molecular weight excluding hydrogens is 420 g/mol. The molecule has 1 N–H and O–H groups in total. The maximum absolute atomic E-state index is 13.2. The minimum Gasteiger partial charge on any atom is -0.340 e. The standard InChI is InChI=1S/C21H18N4O3S2/c26-20-14-29-21(24(20)13-19-22-16-9-4-5-10-17(16)23-19)18-11-6-12-25(18)30(27,28)15-7-2-1-3-8-15/h1-12,21H,13-14H2,(H,22,23). The molecule has 9 heteroatoms. The maximum Gasteiger partial charge on any atom is 0.267 e. The number of para-hydroxylation sites is 2. The molecule has 0 spiro atoms. The summed E-state index contributed by atoms with van der Waals surface area (Å²) in [7, 11) is -3.76. The second kappa shape index (κ2) is 7.33. The average molecular weight is 439 g/mol. The molecular formula is C21H18N4O3S2. The van der Waals surface area contributed by atoms with E-state index in [4.69, 9.17) is 0 Å². The third-order valence-electron chi connectivity index (χ3n) is 5.02. The Bertz CT molecular complexity index is 1300. The minimum absolute atomic E-state index is 0.0460. The number of rotatable bonds is 5. The van der Waals surface area contributed by atoms with E-state index >= 15 is 0 Å². The molecule has 0 saturated carbocycles. The van der Waals surface area contributed by atoms with Gasteiger partial charge < -0.3 is 9.88 Å². The van der Waals surface area contributed by atoms with Gasteiger partial charge in [-0.3, -0.25) is 4.79 Å². The Morgan fingerprint density at radius 2 is 1.80 bits per heavy atom. The van der Waals surface area contributed by atoms with Crippen LogP contribution in [0.15, 0.2) is 77.8 Å². The number of hydrogen-bond donors (Lipinski definition) is 1. The first-order valence-corrected chi connectivity index (χ1v) is 11.9. The number of carbonyl (C=O) groups excluding carboxylic acids is 1. The van der Waals surface area contributed by atoms with Crippen LogP contribution in [0.25, 0.3) is 11.0 Å². The molecule has 3 heterocycles. The van der Waals surface area contributed by atoms with Crippen LogP contribution in [-0.4, -0.2) is 38.9 Å². The number of benzene rings is 2. The fourth-order valence-electron chi connectivity index (χ4n) is 3.61. The molecule has 1 aliphatic heterocycles. The number of fused-ring (bicyclic) bond motifs is 1. The van der Waals surface area contributed by atoms with Crippen LogP contribution in [-0.2, 0) is 21.4 Å². The Morgan fingerprint density at radius 3 is 2.60 bits per heavy atom. The van der Waals surface area contributed by atoms with E-state index in [1.165, 1.54) is 21.9 Å². The second-order valence-corrected chi connectivity index (χ2v) is 9.82. The van der Waals surface area contributed by atoms with Crippen molar-refractivity contribution < 1.29 is 13.2 Å². The van der Waals surface area contributed by atoms with Crippen LogP contribution in [0.2, 0.25) is 0 Å². The van der Waals surface area contributed by atoms with Crippen LogP contribution >= 0.6 is 11.8 Å². The molecule has 2 aromatic heterocycles. The van der Waals surface area contributed by atoms with Gasteiger partial charge in [-0.25, -0.2) is 17.4 Å². The third kappa shape index (κ3) is 3.20. The van der Waals surface area contributed by atoms with Gasteiger partial charge in [0.15, 0.2) is 0 Å². The highest BCUT2D eigenvalue weighted by Crippen LogP contribution is 2.40. The monoisotopic (exact) mass is 438 g/mol. The molecule has 1 aliphatic rings. The van der Waals surface area contributed by atoms with Gasteiger partial charge in [0.1, 0.15) is 11.2 Å². The molecule has 152 valence electrons. The Kier molecular flexibility index (Phi) is 4.63. The van der Waals surface area contributed by atoms with Crippen molar-refractivity contribution in [2.45, 2.75) is 16.8 Å². The number of nitrogens with zero attached hydrogens (tertiary/aromatic N) is 3. The van der Waals surface area contributed by atoms with Crippen LogP contribution < -0.4 is 0 Å². The number of aromatic nitrogens is 3. The molecule has 1 unspecified atom stereocenters. The first-order chi connectivity index (χ1) is 14.5. The molecule has 0 bridgehead atoms. The van der Waals surface area contributed by atoms with Crippen LogP contribution in [0.5, 0.6) is 0 Å². The lowest BCUT2D eigenvalue weighted by atomic mass is 10.3. The summed E-state index contributed by atoms with van der Waals surface area (Å²) in [5.74, 6) is 0.915. The fraction of sp³-hybridized carbons (Fsp3) is 0.143. The fourth-order valence-corrected chi connectivity index (χ4v) is 6.27. The van der Waals surface area contributed by atoms with Gasteiger partial charge in [0.2, 0.25) is 5.91 Å². The molecule has 5 rings (SSSR count). The van der Waals surface area contributed by atoms with Gasteiger partial charge in [-0.05, 0) is 36.4 Å². The number of thioether (sulfide) groups is 1. The highest BCUT2D eigenvalue weighted by atomic mass is 32.2. The zero-order valence-electron chi connectivity index (χ0n) is 15.8. The first-order valence-electron chi connectivity index (χ1n) is 9.36. The lowest BCUT2D eigenvalue weighted by Gasteiger charge is -2.24. The van der Waals surface area contributed by atoms with E-state index in [1.54, 1.807) is 47.4 Å². The van der Waals surface area contributed by atoms with Crippen LogP contribution in [0.1, 0.15) is 16.9 Å². The normalized spacial score (nSPS) is 17.1. The molecule has 1 atom stereocenters. The molecule has 4 aromatic rings. The molecule has 30 heavy (non-hydrogen) atoms. The van der Waals surface area contributed by atoms with E-state index in [0.29, 0.717) is 17.3 Å². The summed E-state index contributed by atoms with van der Waals surface area (Å²) in [5.41, 5.74) is 2.28. The van der Waals surface area contributed by atoms with Crippen LogP contribution in [0.4, 0.5) is 0 Å². The minimum atomic E-state index is -3.76. The number of carbonyl (C=O) groups is 1. The van der Waals surface area contributed by atoms with E-state index in [2.05, 4.69) is 9.97 Å². The quantitative estimate of drug-likeness (QED) is 0.516. The summed E-state index contributed by atoms with van der Waals surface area (Å²) >= 11 is 1.42. The Labute approximate surface area is 177 Å². The SMILES string of the molecule is O=C1CSC(c2cccn2S(=O)(=O)c2ccccc2)N1Cc1nc2ccccc2[nH]1. The molecule has 0 radical (unpaired) electrons.